The van der Waals surface area contributed by atoms with Gasteiger partial charge in [-0.05, 0) is 12.8 Å². The van der Waals surface area contributed by atoms with Crippen molar-refractivity contribution in [3.05, 3.63) is 0 Å². The van der Waals surface area contributed by atoms with Crippen LogP contribution in [-0.4, -0.2) is 30.5 Å². The summed E-state index contributed by atoms with van der Waals surface area (Å²) in [5.41, 5.74) is 0. The zero-order chi connectivity index (χ0) is 9.19. The third-order valence-corrected chi connectivity index (χ3v) is 5.60. The van der Waals surface area contributed by atoms with E-state index in [9.17, 15) is 8.42 Å². The molecular formula is C7H14BrNO2S. The van der Waals surface area contributed by atoms with Crippen molar-refractivity contribution in [2.45, 2.75) is 31.7 Å². The van der Waals surface area contributed by atoms with Crippen molar-refractivity contribution in [1.82, 2.24) is 4.31 Å². The second kappa shape index (κ2) is 4.07. The van der Waals surface area contributed by atoms with Gasteiger partial charge < -0.3 is 0 Å². The number of hydrogen-bond acceptors (Lipinski definition) is 2. The van der Waals surface area contributed by atoms with Crippen LogP contribution in [0, 0.1) is 0 Å². The smallest absolute Gasteiger partial charge is 0.211 e. The Hall–Kier alpha value is 0.390. The molecule has 0 unspecified atom stereocenters. The van der Waals surface area contributed by atoms with Crippen LogP contribution in [0.3, 0.4) is 0 Å². The molecule has 0 aromatic rings. The number of hydrogen-bond donors (Lipinski definition) is 0. The number of sulfonamides is 1. The first kappa shape index (κ1) is 10.5. The summed E-state index contributed by atoms with van der Waals surface area (Å²) < 4.78 is 24.3. The highest BCUT2D eigenvalue weighted by atomic mass is 79.9. The zero-order valence-electron chi connectivity index (χ0n) is 7.16. The molecule has 0 radical (unpaired) electrons. The fourth-order valence-electron chi connectivity index (χ4n) is 1.57. The molecule has 1 fully saturated rings. The molecule has 1 rings (SSSR count). The summed E-state index contributed by atoms with van der Waals surface area (Å²) in [4.78, 5) is 0. The first-order valence-electron chi connectivity index (χ1n) is 4.09. The summed E-state index contributed by atoms with van der Waals surface area (Å²) in [6.45, 7) is 0. The molecule has 0 aromatic carbocycles. The highest BCUT2D eigenvalue weighted by Crippen LogP contribution is 2.24. The molecule has 3 nitrogen and oxygen atoms in total. The van der Waals surface area contributed by atoms with E-state index in [-0.39, 0.29) is 10.7 Å². The Morgan fingerprint density at radius 1 is 1.42 bits per heavy atom. The molecule has 0 aliphatic heterocycles. The molecule has 0 bridgehead atoms. The average Bonchev–Trinajstić information content (AvgIpc) is 2.55. The largest absolute Gasteiger partial charge is 0.224 e. The molecule has 1 aliphatic rings. The van der Waals surface area contributed by atoms with Gasteiger partial charge in [-0.1, -0.05) is 28.8 Å². The molecule has 0 aromatic heterocycles. The van der Waals surface area contributed by atoms with E-state index in [2.05, 4.69) is 15.9 Å². The summed E-state index contributed by atoms with van der Waals surface area (Å²) in [5, 5.41) is 0. The minimum Gasteiger partial charge on any atom is -0.211 e. The maximum Gasteiger partial charge on any atom is 0.224 e. The zero-order valence-corrected chi connectivity index (χ0v) is 9.57. The fourth-order valence-corrected chi connectivity index (χ4v) is 3.36. The molecular weight excluding hydrogens is 242 g/mol. The van der Waals surface area contributed by atoms with Gasteiger partial charge in [0.1, 0.15) is 4.66 Å². The monoisotopic (exact) mass is 255 g/mol. The summed E-state index contributed by atoms with van der Waals surface area (Å²) in [6, 6.07) is 0.243. The van der Waals surface area contributed by atoms with Gasteiger partial charge in [0.2, 0.25) is 10.0 Å². The van der Waals surface area contributed by atoms with E-state index in [1.54, 1.807) is 7.05 Å². The van der Waals surface area contributed by atoms with E-state index in [0.29, 0.717) is 0 Å². The van der Waals surface area contributed by atoms with Crippen LogP contribution in [0.2, 0.25) is 0 Å². The lowest BCUT2D eigenvalue weighted by Crippen LogP contribution is -2.35. The van der Waals surface area contributed by atoms with Crippen molar-refractivity contribution < 1.29 is 8.42 Å². The number of alkyl halides is 1. The Kier molecular flexibility index (Phi) is 3.55. The molecule has 1 saturated carbocycles. The summed E-state index contributed by atoms with van der Waals surface area (Å²) in [7, 11) is -1.36. The molecule has 0 spiro atoms. The van der Waals surface area contributed by atoms with Gasteiger partial charge >= 0.3 is 0 Å². The third kappa shape index (κ3) is 2.20. The van der Waals surface area contributed by atoms with Crippen LogP contribution in [0.1, 0.15) is 25.7 Å². The van der Waals surface area contributed by atoms with Crippen LogP contribution < -0.4 is 0 Å². The van der Waals surface area contributed by atoms with Gasteiger partial charge in [-0.25, -0.2) is 12.7 Å². The van der Waals surface area contributed by atoms with E-state index >= 15 is 0 Å². The summed E-state index contributed by atoms with van der Waals surface area (Å²) >= 11 is 2.99. The van der Waals surface area contributed by atoms with E-state index in [1.165, 1.54) is 4.31 Å². The molecule has 0 amide bonds. The van der Waals surface area contributed by atoms with Crippen LogP contribution in [0.5, 0.6) is 0 Å². The maximum absolute atomic E-state index is 11.4. The van der Waals surface area contributed by atoms with Crippen LogP contribution in [-0.2, 0) is 10.0 Å². The van der Waals surface area contributed by atoms with Crippen molar-refractivity contribution in [3.63, 3.8) is 0 Å². The maximum atomic E-state index is 11.4. The van der Waals surface area contributed by atoms with Gasteiger partial charge in [0.15, 0.2) is 0 Å². The second-order valence-electron chi connectivity index (χ2n) is 3.18. The summed E-state index contributed by atoms with van der Waals surface area (Å²) in [5.74, 6) is 0. The average molecular weight is 256 g/mol. The van der Waals surface area contributed by atoms with Gasteiger partial charge in [0, 0.05) is 13.1 Å². The summed E-state index contributed by atoms with van der Waals surface area (Å²) in [6.07, 6.45) is 4.35. The first-order chi connectivity index (χ1) is 5.58. The van der Waals surface area contributed by atoms with E-state index in [4.69, 9.17) is 0 Å². The number of halogens is 1. The second-order valence-corrected chi connectivity index (χ2v) is 6.51. The van der Waals surface area contributed by atoms with Gasteiger partial charge in [-0.3, -0.25) is 0 Å². The molecule has 0 atom stereocenters. The number of nitrogens with zero attached hydrogens (tertiary/aromatic N) is 1. The molecule has 0 heterocycles. The van der Waals surface area contributed by atoms with Gasteiger partial charge in [0.05, 0.1) is 0 Å². The van der Waals surface area contributed by atoms with Crippen LogP contribution in [0.25, 0.3) is 0 Å². The minimum atomic E-state index is -3.03. The van der Waals surface area contributed by atoms with E-state index in [1.807, 2.05) is 0 Å². The highest BCUT2D eigenvalue weighted by molar-refractivity contribution is 9.10. The number of rotatable bonds is 3. The van der Waals surface area contributed by atoms with E-state index < -0.39 is 10.0 Å². The predicted molar refractivity (Wildman–Crippen MR) is 52.7 cm³/mol. The normalized spacial score (nSPS) is 20.6. The Labute approximate surface area is 82.3 Å². The van der Waals surface area contributed by atoms with Gasteiger partial charge in [0.25, 0.3) is 0 Å². The van der Waals surface area contributed by atoms with Crippen molar-refractivity contribution in [2.75, 3.05) is 11.7 Å². The molecule has 72 valence electrons. The van der Waals surface area contributed by atoms with Crippen molar-refractivity contribution in [1.29, 1.82) is 0 Å². The van der Waals surface area contributed by atoms with Crippen molar-refractivity contribution in [3.8, 4) is 0 Å². The lowest BCUT2D eigenvalue weighted by atomic mass is 10.3. The molecule has 0 N–H and O–H groups in total. The SMILES string of the molecule is CN(C1CCCC1)S(=O)(=O)CBr. The van der Waals surface area contributed by atoms with Gasteiger partial charge in [-0.2, -0.15) is 0 Å². The van der Waals surface area contributed by atoms with Crippen molar-refractivity contribution >= 4 is 26.0 Å². The molecule has 5 heteroatoms. The standard InChI is InChI=1S/C7H14BrNO2S/c1-9(12(10,11)6-8)7-4-2-3-5-7/h7H,2-6H2,1H3. The molecule has 12 heavy (non-hydrogen) atoms. The van der Waals surface area contributed by atoms with Crippen molar-refractivity contribution in [2.24, 2.45) is 0 Å². The highest BCUT2D eigenvalue weighted by Gasteiger charge is 2.27. The van der Waals surface area contributed by atoms with E-state index in [0.717, 1.165) is 25.7 Å². The third-order valence-electron chi connectivity index (χ3n) is 2.42. The van der Waals surface area contributed by atoms with Crippen LogP contribution >= 0.6 is 15.9 Å². The molecule has 0 saturated heterocycles. The quantitative estimate of drug-likeness (QED) is 0.718. The van der Waals surface area contributed by atoms with Gasteiger partial charge in [-0.15, -0.1) is 0 Å². The predicted octanol–water partition coefficient (Wildman–Crippen LogP) is 1.54. The molecule has 1 aliphatic carbocycles. The van der Waals surface area contributed by atoms with Crippen LogP contribution in [0.4, 0.5) is 0 Å². The minimum absolute atomic E-state index is 0.0347. The fraction of sp³-hybridized carbons (Fsp3) is 1.00. The topological polar surface area (TPSA) is 37.4 Å². The lowest BCUT2D eigenvalue weighted by Gasteiger charge is -2.22. The first-order valence-corrected chi connectivity index (χ1v) is 6.82. The Morgan fingerprint density at radius 2 is 1.92 bits per heavy atom. The lowest BCUT2D eigenvalue weighted by molar-refractivity contribution is 0.375. The Bertz CT molecular complexity index is 234. The Balaban J connectivity index is 2.63. The van der Waals surface area contributed by atoms with Crippen LogP contribution in [0.15, 0.2) is 0 Å². The Morgan fingerprint density at radius 3 is 2.33 bits per heavy atom.